The Hall–Kier alpha value is -1.52. The maximum absolute atomic E-state index is 13.8. The van der Waals surface area contributed by atoms with E-state index in [1.807, 2.05) is 0 Å². The quantitative estimate of drug-likeness (QED) is 0.816. The SMILES string of the molecule is Cc1cc(C(N)c2ccc(F)c(F)c2F)c(C)cc1Cl. The smallest absolute Gasteiger partial charge is 0.194 e. The van der Waals surface area contributed by atoms with Crippen molar-refractivity contribution in [2.75, 3.05) is 0 Å². The van der Waals surface area contributed by atoms with E-state index in [4.69, 9.17) is 17.3 Å². The molecular weight excluding hydrogens is 287 g/mol. The lowest BCUT2D eigenvalue weighted by molar-refractivity contribution is 0.438. The van der Waals surface area contributed by atoms with Crippen molar-refractivity contribution in [1.29, 1.82) is 0 Å². The molecule has 0 heterocycles. The van der Waals surface area contributed by atoms with Crippen molar-refractivity contribution in [2.45, 2.75) is 19.9 Å². The molecule has 0 saturated carbocycles. The molecule has 0 bridgehead atoms. The summed E-state index contributed by atoms with van der Waals surface area (Å²) >= 11 is 5.99. The van der Waals surface area contributed by atoms with Gasteiger partial charge in [0.25, 0.3) is 0 Å². The minimum atomic E-state index is -1.51. The number of halogens is 4. The molecule has 0 aliphatic rings. The maximum Gasteiger partial charge on any atom is 0.194 e. The van der Waals surface area contributed by atoms with Gasteiger partial charge >= 0.3 is 0 Å². The average Bonchev–Trinajstić information content (AvgIpc) is 2.40. The second-order valence-corrected chi connectivity index (χ2v) is 5.11. The van der Waals surface area contributed by atoms with Crippen molar-refractivity contribution < 1.29 is 13.2 Å². The fraction of sp³-hybridized carbons (Fsp3) is 0.200. The van der Waals surface area contributed by atoms with Gasteiger partial charge in [-0.25, -0.2) is 13.2 Å². The first-order chi connectivity index (χ1) is 9.32. The molecule has 1 atom stereocenters. The van der Waals surface area contributed by atoms with E-state index in [0.717, 1.165) is 23.3 Å². The zero-order valence-corrected chi connectivity index (χ0v) is 11.7. The van der Waals surface area contributed by atoms with Gasteiger partial charge in [-0.1, -0.05) is 23.7 Å². The van der Waals surface area contributed by atoms with Gasteiger partial charge in [0.1, 0.15) is 0 Å². The molecule has 0 aromatic heterocycles. The molecule has 106 valence electrons. The van der Waals surface area contributed by atoms with Gasteiger partial charge in [0.2, 0.25) is 0 Å². The Morgan fingerprint density at radius 1 is 0.950 bits per heavy atom. The van der Waals surface area contributed by atoms with E-state index in [-0.39, 0.29) is 5.56 Å². The molecule has 1 nitrogen and oxygen atoms in total. The third kappa shape index (κ3) is 2.53. The van der Waals surface area contributed by atoms with E-state index in [0.29, 0.717) is 10.6 Å². The highest BCUT2D eigenvalue weighted by atomic mass is 35.5. The van der Waals surface area contributed by atoms with Crippen LogP contribution in [0.2, 0.25) is 5.02 Å². The van der Waals surface area contributed by atoms with Crippen LogP contribution in [0.3, 0.4) is 0 Å². The highest BCUT2D eigenvalue weighted by Crippen LogP contribution is 2.30. The number of hydrogen-bond acceptors (Lipinski definition) is 1. The molecular formula is C15H13ClF3N. The van der Waals surface area contributed by atoms with Crippen molar-refractivity contribution >= 4 is 11.6 Å². The number of benzene rings is 2. The summed E-state index contributed by atoms with van der Waals surface area (Å²) in [6.45, 7) is 3.57. The summed E-state index contributed by atoms with van der Waals surface area (Å²) in [6, 6.07) is 4.57. The molecule has 0 saturated heterocycles. The lowest BCUT2D eigenvalue weighted by Crippen LogP contribution is -2.16. The van der Waals surface area contributed by atoms with Crippen molar-refractivity contribution in [3.05, 3.63) is 69.0 Å². The van der Waals surface area contributed by atoms with Crippen LogP contribution in [0.25, 0.3) is 0 Å². The Balaban J connectivity index is 2.55. The molecule has 0 spiro atoms. The van der Waals surface area contributed by atoms with Crippen LogP contribution in [0.1, 0.15) is 28.3 Å². The summed E-state index contributed by atoms with van der Waals surface area (Å²) in [5, 5.41) is 0.573. The van der Waals surface area contributed by atoms with Gasteiger partial charge in [-0.15, -0.1) is 0 Å². The van der Waals surface area contributed by atoms with Crippen molar-refractivity contribution in [2.24, 2.45) is 5.73 Å². The fourth-order valence-corrected chi connectivity index (χ4v) is 2.31. The van der Waals surface area contributed by atoms with Gasteiger partial charge in [0.05, 0.1) is 6.04 Å². The number of aryl methyl sites for hydroxylation is 2. The molecule has 1 unspecified atom stereocenters. The Morgan fingerprint density at radius 2 is 1.60 bits per heavy atom. The van der Waals surface area contributed by atoms with E-state index in [9.17, 15) is 13.2 Å². The molecule has 0 fully saturated rings. The molecule has 2 rings (SSSR count). The second-order valence-electron chi connectivity index (χ2n) is 4.70. The normalized spacial score (nSPS) is 12.6. The standard InChI is InChI=1S/C15H13ClF3N/c1-7-6-11(16)8(2)5-10(7)15(20)9-3-4-12(17)14(19)13(9)18/h3-6,15H,20H2,1-2H3. The summed E-state index contributed by atoms with van der Waals surface area (Å²) in [7, 11) is 0. The van der Waals surface area contributed by atoms with Crippen LogP contribution in [-0.2, 0) is 0 Å². The highest BCUT2D eigenvalue weighted by molar-refractivity contribution is 6.31. The molecule has 0 radical (unpaired) electrons. The van der Waals surface area contributed by atoms with Gasteiger partial charge in [0.15, 0.2) is 17.5 Å². The summed E-state index contributed by atoms with van der Waals surface area (Å²) in [4.78, 5) is 0. The lowest BCUT2D eigenvalue weighted by Gasteiger charge is -2.17. The summed E-state index contributed by atoms with van der Waals surface area (Å²) in [5.41, 5.74) is 8.06. The Labute approximate surface area is 120 Å². The molecule has 0 amide bonds. The first-order valence-electron chi connectivity index (χ1n) is 5.98. The van der Waals surface area contributed by atoms with Crippen LogP contribution in [0.5, 0.6) is 0 Å². The molecule has 2 aromatic carbocycles. The van der Waals surface area contributed by atoms with Crippen molar-refractivity contribution in [3.8, 4) is 0 Å². The number of rotatable bonds is 2. The minimum Gasteiger partial charge on any atom is -0.320 e. The molecule has 20 heavy (non-hydrogen) atoms. The molecule has 2 N–H and O–H groups in total. The van der Waals surface area contributed by atoms with E-state index in [1.54, 1.807) is 26.0 Å². The van der Waals surface area contributed by atoms with Crippen LogP contribution in [0.4, 0.5) is 13.2 Å². The predicted molar refractivity (Wildman–Crippen MR) is 73.3 cm³/mol. The van der Waals surface area contributed by atoms with Crippen molar-refractivity contribution in [3.63, 3.8) is 0 Å². The van der Waals surface area contributed by atoms with E-state index in [2.05, 4.69) is 0 Å². The summed E-state index contributed by atoms with van der Waals surface area (Å²) < 4.78 is 40.0. The number of hydrogen-bond donors (Lipinski definition) is 1. The van der Waals surface area contributed by atoms with E-state index >= 15 is 0 Å². The van der Waals surface area contributed by atoms with Crippen molar-refractivity contribution in [1.82, 2.24) is 0 Å². The highest BCUT2D eigenvalue weighted by Gasteiger charge is 2.21. The third-order valence-electron chi connectivity index (χ3n) is 3.28. The molecule has 5 heteroatoms. The van der Waals surface area contributed by atoms with Gasteiger partial charge in [0, 0.05) is 10.6 Å². The third-order valence-corrected chi connectivity index (χ3v) is 3.69. The second kappa shape index (κ2) is 5.46. The Morgan fingerprint density at radius 3 is 2.25 bits per heavy atom. The van der Waals surface area contributed by atoms with Crippen LogP contribution in [0.15, 0.2) is 24.3 Å². The van der Waals surface area contributed by atoms with Crippen LogP contribution >= 0.6 is 11.6 Å². The first kappa shape index (κ1) is 14.9. The van der Waals surface area contributed by atoms with Gasteiger partial charge < -0.3 is 5.73 Å². The Bertz CT molecular complexity index is 669. The first-order valence-corrected chi connectivity index (χ1v) is 6.36. The summed E-state index contributed by atoms with van der Waals surface area (Å²) in [5.74, 6) is -4.01. The number of nitrogens with two attached hydrogens (primary N) is 1. The van der Waals surface area contributed by atoms with Gasteiger partial charge in [-0.3, -0.25) is 0 Å². The molecule has 2 aromatic rings. The summed E-state index contributed by atoms with van der Waals surface area (Å²) in [6.07, 6.45) is 0. The average molecular weight is 300 g/mol. The zero-order chi connectivity index (χ0) is 15.0. The Kier molecular flexibility index (Phi) is 4.06. The van der Waals surface area contributed by atoms with Gasteiger partial charge in [-0.2, -0.15) is 0 Å². The van der Waals surface area contributed by atoms with E-state index in [1.165, 1.54) is 0 Å². The fourth-order valence-electron chi connectivity index (χ4n) is 2.09. The van der Waals surface area contributed by atoms with Gasteiger partial charge in [-0.05, 0) is 42.7 Å². The molecule has 0 aliphatic carbocycles. The predicted octanol–water partition coefficient (Wildman–Crippen LogP) is 4.42. The zero-order valence-electron chi connectivity index (χ0n) is 11.0. The lowest BCUT2D eigenvalue weighted by atomic mass is 9.94. The maximum atomic E-state index is 13.8. The largest absolute Gasteiger partial charge is 0.320 e. The topological polar surface area (TPSA) is 26.0 Å². The minimum absolute atomic E-state index is 0.0891. The monoisotopic (exact) mass is 299 g/mol. The van der Waals surface area contributed by atoms with Crippen LogP contribution < -0.4 is 5.73 Å². The van der Waals surface area contributed by atoms with Crippen LogP contribution in [0, 0.1) is 31.3 Å². The van der Waals surface area contributed by atoms with E-state index < -0.39 is 23.5 Å². The molecule has 0 aliphatic heterocycles. The van der Waals surface area contributed by atoms with Crippen LogP contribution in [-0.4, -0.2) is 0 Å².